The second kappa shape index (κ2) is 7.28. The fourth-order valence-corrected chi connectivity index (χ4v) is 3.46. The lowest BCUT2D eigenvalue weighted by Gasteiger charge is -2.25. The van der Waals surface area contributed by atoms with Gasteiger partial charge in [-0.25, -0.2) is 4.98 Å². The summed E-state index contributed by atoms with van der Waals surface area (Å²) in [7, 11) is 2.24. The average molecular weight is 312 g/mol. The van der Waals surface area contributed by atoms with Crippen LogP contribution < -0.4 is 0 Å². The summed E-state index contributed by atoms with van der Waals surface area (Å²) >= 11 is 0. The first-order chi connectivity index (χ1) is 11.1. The van der Waals surface area contributed by atoms with E-state index >= 15 is 0 Å². The highest BCUT2D eigenvalue weighted by Crippen LogP contribution is 2.19. The van der Waals surface area contributed by atoms with Gasteiger partial charge in [0, 0.05) is 44.5 Å². The molecule has 4 nitrogen and oxygen atoms in total. The summed E-state index contributed by atoms with van der Waals surface area (Å²) in [6, 6.07) is 11.9. The van der Waals surface area contributed by atoms with Gasteiger partial charge >= 0.3 is 0 Å². The molecule has 23 heavy (non-hydrogen) atoms. The number of imidazole rings is 1. The largest absolute Gasteiger partial charge is 0.331 e. The van der Waals surface area contributed by atoms with Crippen LogP contribution in [-0.2, 0) is 13.1 Å². The first-order valence-corrected chi connectivity index (χ1v) is 8.60. The maximum absolute atomic E-state index is 4.32. The molecule has 0 N–H and O–H groups in total. The summed E-state index contributed by atoms with van der Waals surface area (Å²) in [5.41, 5.74) is 2.72. The van der Waals surface area contributed by atoms with E-state index < -0.39 is 0 Å². The van der Waals surface area contributed by atoms with Crippen molar-refractivity contribution in [2.24, 2.45) is 0 Å². The number of benzene rings is 1. The normalized spacial score (nSPS) is 19.1. The van der Waals surface area contributed by atoms with E-state index in [1.807, 2.05) is 12.5 Å². The Morgan fingerprint density at radius 3 is 2.78 bits per heavy atom. The van der Waals surface area contributed by atoms with Crippen LogP contribution in [0.25, 0.3) is 0 Å². The molecule has 1 aromatic heterocycles. The molecule has 0 amide bonds. The van der Waals surface area contributed by atoms with E-state index in [1.165, 1.54) is 24.2 Å². The molecule has 3 rings (SSSR count). The van der Waals surface area contributed by atoms with Crippen molar-refractivity contribution in [3.63, 3.8) is 0 Å². The fourth-order valence-electron chi connectivity index (χ4n) is 3.46. The molecule has 1 saturated heterocycles. The molecule has 124 valence electrons. The highest BCUT2D eigenvalue weighted by atomic mass is 15.2. The van der Waals surface area contributed by atoms with Gasteiger partial charge in [0.1, 0.15) is 0 Å². The van der Waals surface area contributed by atoms with Crippen LogP contribution >= 0.6 is 0 Å². The quantitative estimate of drug-likeness (QED) is 0.819. The number of aromatic nitrogens is 2. The summed E-state index contributed by atoms with van der Waals surface area (Å²) in [5.74, 6) is 0. The Hall–Kier alpha value is -1.65. The average Bonchev–Trinajstić information content (AvgIpc) is 3.17. The molecular formula is C19H28N4. The van der Waals surface area contributed by atoms with Gasteiger partial charge in [0.25, 0.3) is 0 Å². The van der Waals surface area contributed by atoms with E-state index in [4.69, 9.17) is 0 Å². The predicted octanol–water partition coefficient (Wildman–Crippen LogP) is 3.17. The predicted molar refractivity (Wildman–Crippen MR) is 94.2 cm³/mol. The Balaban J connectivity index is 1.55. The number of likely N-dealkylation sites (tertiary alicyclic amines) is 1. The van der Waals surface area contributed by atoms with E-state index in [0.29, 0.717) is 12.1 Å². The molecule has 1 fully saturated rings. The molecule has 0 saturated carbocycles. The summed E-state index contributed by atoms with van der Waals surface area (Å²) in [6.45, 7) is 8.80. The highest BCUT2D eigenvalue weighted by molar-refractivity contribution is 5.14. The molecule has 0 bridgehead atoms. The minimum atomic E-state index is 0.471. The van der Waals surface area contributed by atoms with Crippen molar-refractivity contribution < 1.29 is 0 Å². The van der Waals surface area contributed by atoms with Gasteiger partial charge in [-0.15, -0.1) is 0 Å². The second-order valence-electron chi connectivity index (χ2n) is 6.96. The van der Waals surface area contributed by atoms with Crippen LogP contribution in [0.4, 0.5) is 0 Å². The molecule has 1 aromatic carbocycles. The fraction of sp³-hybridized carbons (Fsp3) is 0.526. The van der Waals surface area contributed by atoms with Gasteiger partial charge in [-0.2, -0.15) is 0 Å². The third-order valence-electron chi connectivity index (χ3n) is 4.83. The van der Waals surface area contributed by atoms with Gasteiger partial charge < -0.3 is 4.57 Å². The van der Waals surface area contributed by atoms with Crippen molar-refractivity contribution in [2.75, 3.05) is 20.1 Å². The van der Waals surface area contributed by atoms with Crippen LogP contribution in [0, 0.1) is 0 Å². The SMILES string of the molecule is CC(C)n1cncc1CN(C)[C@H]1CCN(Cc2ccccc2)C1. The van der Waals surface area contributed by atoms with Gasteiger partial charge in [-0.05, 0) is 32.9 Å². The Labute approximate surface area is 139 Å². The maximum Gasteiger partial charge on any atom is 0.0951 e. The summed E-state index contributed by atoms with van der Waals surface area (Å²) in [6.07, 6.45) is 5.20. The van der Waals surface area contributed by atoms with Gasteiger partial charge in [-0.3, -0.25) is 9.80 Å². The number of likely N-dealkylation sites (N-methyl/N-ethyl adjacent to an activating group) is 1. The maximum atomic E-state index is 4.32. The van der Waals surface area contributed by atoms with Gasteiger partial charge in [0.05, 0.1) is 12.0 Å². The first kappa shape index (κ1) is 16.2. The Kier molecular flexibility index (Phi) is 5.13. The summed E-state index contributed by atoms with van der Waals surface area (Å²) < 4.78 is 2.27. The molecule has 1 aliphatic rings. The third-order valence-corrected chi connectivity index (χ3v) is 4.83. The van der Waals surface area contributed by atoms with Gasteiger partial charge in [0.15, 0.2) is 0 Å². The van der Waals surface area contributed by atoms with Crippen molar-refractivity contribution in [2.45, 2.75) is 45.4 Å². The highest BCUT2D eigenvalue weighted by Gasteiger charge is 2.26. The van der Waals surface area contributed by atoms with Crippen molar-refractivity contribution in [3.8, 4) is 0 Å². The van der Waals surface area contributed by atoms with Crippen molar-refractivity contribution in [1.82, 2.24) is 19.4 Å². The molecule has 2 aromatic rings. The topological polar surface area (TPSA) is 24.3 Å². The Bertz CT molecular complexity index is 605. The summed E-state index contributed by atoms with van der Waals surface area (Å²) in [4.78, 5) is 9.37. The van der Waals surface area contributed by atoms with Crippen molar-refractivity contribution >= 4 is 0 Å². The lowest BCUT2D eigenvalue weighted by atomic mass is 10.2. The third kappa shape index (κ3) is 4.01. The molecular weight excluding hydrogens is 284 g/mol. The van der Waals surface area contributed by atoms with Crippen LogP contribution in [0.5, 0.6) is 0 Å². The minimum absolute atomic E-state index is 0.471. The van der Waals surface area contributed by atoms with Crippen LogP contribution in [0.3, 0.4) is 0 Å². The lowest BCUT2D eigenvalue weighted by molar-refractivity contribution is 0.217. The zero-order valence-corrected chi connectivity index (χ0v) is 14.5. The zero-order chi connectivity index (χ0) is 16.2. The zero-order valence-electron chi connectivity index (χ0n) is 14.5. The number of hydrogen-bond donors (Lipinski definition) is 0. The number of nitrogens with zero attached hydrogens (tertiary/aromatic N) is 4. The number of hydrogen-bond acceptors (Lipinski definition) is 3. The number of rotatable bonds is 6. The summed E-state index contributed by atoms with van der Waals surface area (Å²) in [5, 5.41) is 0. The van der Waals surface area contributed by atoms with Crippen molar-refractivity contribution in [3.05, 3.63) is 54.1 Å². The van der Waals surface area contributed by atoms with E-state index in [9.17, 15) is 0 Å². The van der Waals surface area contributed by atoms with E-state index in [-0.39, 0.29) is 0 Å². The molecule has 0 radical (unpaired) electrons. The van der Waals surface area contributed by atoms with Crippen LogP contribution in [0.15, 0.2) is 42.9 Å². The second-order valence-corrected chi connectivity index (χ2v) is 6.96. The molecule has 1 aliphatic heterocycles. The molecule has 2 heterocycles. The Morgan fingerprint density at radius 1 is 1.26 bits per heavy atom. The molecule has 0 spiro atoms. The molecule has 0 aliphatic carbocycles. The minimum Gasteiger partial charge on any atom is -0.331 e. The molecule has 4 heteroatoms. The standard InChI is InChI=1S/C19H28N4/c1-16(2)23-15-20-11-19(23)13-21(3)18-9-10-22(14-18)12-17-7-5-4-6-8-17/h4-8,11,15-16,18H,9-10,12-14H2,1-3H3/t18-/m0/s1. The van der Waals surface area contributed by atoms with Crippen LogP contribution in [-0.4, -0.2) is 45.5 Å². The van der Waals surface area contributed by atoms with E-state index in [0.717, 1.165) is 19.6 Å². The molecule has 1 atom stereocenters. The lowest BCUT2D eigenvalue weighted by Crippen LogP contribution is -2.34. The van der Waals surface area contributed by atoms with E-state index in [2.05, 4.69) is 70.6 Å². The van der Waals surface area contributed by atoms with Crippen LogP contribution in [0.1, 0.15) is 37.6 Å². The van der Waals surface area contributed by atoms with Crippen molar-refractivity contribution in [1.29, 1.82) is 0 Å². The van der Waals surface area contributed by atoms with E-state index in [1.54, 1.807) is 0 Å². The van der Waals surface area contributed by atoms with Gasteiger partial charge in [-0.1, -0.05) is 30.3 Å². The first-order valence-electron chi connectivity index (χ1n) is 8.60. The Morgan fingerprint density at radius 2 is 2.04 bits per heavy atom. The molecule has 0 unspecified atom stereocenters. The monoisotopic (exact) mass is 312 g/mol. The van der Waals surface area contributed by atoms with Crippen LogP contribution in [0.2, 0.25) is 0 Å². The van der Waals surface area contributed by atoms with Gasteiger partial charge in [0.2, 0.25) is 0 Å². The smallest absolute Gasteiger partial charge is 0.0951 e.